The molecule has 24 heavy (non-hydrogen) atoms. The van der Waals surface area contributed by atoms with Crippen LogP contribution in [0.4, 0.5) is 0 Å². The molecule has 0 amide bonds. The van der Waals surface area contributed by atoms with Crippen molar-refractivity contribution in [2.75, 3.05) is 13.1 Å². The predicted octanol–water partition coefficient (Wildman–Crippen LogP) is 4.83. The third-order valence-electron chi connectivity index (χ3n) is 4.73. The lowest BCUT2D eigenvalue weighted by atomic mass is 9.93. The van der Waals surface area contributed by atoms with Crippen LogP contribution in [0.15, 0.2) is 66.6 Å². The van der Waals surface area contributed by atoms with E-state index in [0.717, 1.165) is 31.6 Å². The lowest BCUT2D eigenvalue weighted by molar-refractivity contribution is 0.273. The summed E-state index contributed by atoms with van der Waals surface area (Å²) in [7, 11) is 0. The largest absolute Gasteiger partial charge is 0.391 e. The molecule has 1 N–H and O–H groups in total. The SMILES string of the molecule is C=CCC1C(CCNC=C)CCN1/C(C)=C(\C=C/C)C(C)=NC=C. The summed E-state index contributed by atoms with van der Waals surface area (Å²) in [4.78, 5) is 6.93. The summed E-state index contributed by atoms with van der Waals surface area (Å²) in [5.41, 5.74) is 3.49. The number of aliphatic imine (C=N–C) groups is 1. The van der Waals surface area contributed by atoms with Gasteiger partial charge in [0.25, 0.3) is 0 Å². The number of allylic oxidation sites excluding steroid dienone is 4. The van der Waals surface area contributed by atoms with Crippen molar-refractivity contribution in [1.29, 1.82) is 0 Å². The first kappa shape index (κ1) is 20.0. The van der Waals surface area contributed by atoms with E-state index in [0.29, 0.717) is 12.0 Å². The van der Waals surface area contributed by atoms with Crippen LogP contribution in [-0.2, 0) is 0 Å². The summed E-state index contributed by atoms with van der Waals surface area (Å²) in [5.74, 6) is 0.675. The van der Waals surface area contributed by atoms with Gasteiger partial charge in [0.2, 0.25) is 0 Å². The summed E-state index contributed by atoms with van der Waals surface area (Å²) in [6.45, 7) is 19.8. The molecule has 0 aromatic heterocycles. The van der Waals surface area contributed by atoms with Crippen molar-refractivity contribution in [2.24, 2.45) is 10.9 Å². The molecule has 1 rings (SSSR count). The van der Waals surface area contributed by atoms with Crippen LogP contribution in [0.5, 0.6) is 0 Å². The van der Waals surface area contributed by atoms with E-state index in [-0.39, 0.29) is 0 Å². The summed E-state index contributed by atoms with van der Waals surface area (Å²) in [6, 6.07) is 0.505. The first-order chi connectivity index (χ1) is 11.6. The quantitative estimate of drug-likeness (QED) is 0.269. The minimum Gasteiger partial charge on any atom is -0.391 e. The van der Waals surface area contributed by atoms with Gasteiger partial charge in [0.15, 0.2) is 0 Å². The van der Waals surface area contributed by atoms with Gasteiger partial charge in [-0.1, -0.05) is 31.4 Å². The molecule has 1 aliphatic rings. The second kappa shape index (κ2) is 10.7. The number of nitrogens with one attached hydrogen (secondary N) is 1. The fourth-order valence-corrected chi connectivity index (χ4v) is 3.56. The molecule has 0 aromatic carbocycles. The normalized spacial score (nSPS) is 22.5. The molecule has 0 aliphatic carbocycles. The third kappa shape index (κ3) is 5.26. The van der Waals surface area contributed by atoms with Crippen LogP contribution in [0.2, 0.25) is 0 Å². The van der Waals surface area contributed by atoms with Gasteiger partial charge in [-0.15, -0.1) is 6.58 Å². The van der Waals surface area contributed by atoms with E-state index in [1.165, 1.54) is 17.7 Å². The average Bonchev–Trinajstić information content (AvgIpc) is 2.96. The van der Waals surface area contributed by atoms with Gasteiger partial charge in [-0.2, -0.15) is 0 Å². The molecule has 0 aromatic rings. The molecule has 3 heteroatoms. The Kier molecular flexibility index (Phi) is 8.92. The van der Waals surface area contributed by atoms with Gasteiger partial charge in [-0.3, -0.25) is 4.99 Å². The smallest absolute Gasteiger partial charge is 0.0461 e. The Hall–Kier alpha value is -2.03. The highest BCUT2D eigenvalue weighted by atomic mass is 15.2. The van der Waals surface area contributed by atoms with Crippen LogP contribution in [0.25, 0.3) is 0 Å². The van der Waals surface area contributed by atoms with E-state index in [2.05, 4.69) is 54.0 Å². The Morgan fingerprint density at radius 1 is 1.29 bits per heavy atom. The lowest BCUT2D eigenvalue weighted by Crippen LogP contribution is -2.33. The van der Waals surface area contributed by atoms with Crippen LogP contribution in [-0.4, -0.2) is 29.7 Å². The van der Waals surface area contributed by atoms with Gasteiger partial charge in [0, 0.05) is 42.3 Å². The number of hydrogen-bond acceptors (Lipinski definition) is 3. The second-order valence-electron chi connectivity index (χ2n) is 6.18. The lowest BCUT2D eigenvalue weighted by Gasteiger charge is -2.31. The summed E-state index contributed by atoms with van der Waals surface area (Å²) < 4.78 is 0. The molecular weight excluding hydrogens is 294 g/mol. The van der Waals surface area contributed by atoms with E-state index in [9.17, 15) is 0 Å². The van der Waals surface area contributed by atoms with Crippen LogP contribution in [0.1, 0.15) is 40.0 Å². The molecular formula is C21H33N3. The van der Waals surface area contributed by atoms with Gasteiger partial charge in [-0.05, 0) is 52.2 Å². The summed E-state index contributed by atoms with van der Waals surface area (Å²) >= 11 is 0. The zero-order chi connectivity index (χ0) is 17.9. The average molecular weight is 328 g/mol. The maximum atomic E-state index is 4.39. The Morgan fingerprint density at radius 3 is 2.62 bits per heavy atom. The Morgan fingerprint density at radius 2 is 2.04 bits per heavy atom. The molecule has 2 unspecified atom stereocenters. The number of likely N-dealkylation sites (tertiary alicyclic amines) is 1. The molecule has 2 atom stereocenters. The number of nitrogens with zero attached hydrogens (tertiary/aromatic N) is 2. The molecule has 1 saturated heterocycles. The van der Waals surface area contributed by atoms with Crippen LogP contribution < -0.4 is 5.32 Å². The Labute approximate surface area is 148 Å². The van der Waals surface area contributed by atoms with Crippen molar-refractivity contribution in [3.05, 3.63) is 61.6 Å². The highest BCUT2D eigenvalue weighted by Gasteiger charge is 2.33. The third-order valence-corrected chi connectivity index (χ3v) is 4.73. The molecule has 0 spiro atoms. The van der Waals surface area contributed by atoms with Gasteiger partial charge in [0.1, 0.15) is 0 Å². The highest BCUT2D eigenvalue weighted by Crippen LogP contribution is 2.33. The number of rotatable bonds is 10. The second-order valence-corrected chi connectivity index (χ2v) is 6.18. The zero-order valence-electron chi connectivity index (χ0n) is 15.6. The predicted molar refractivity (Wildman–Crippen MR) is 107 cm³/mol. The Balaban J connectivity index is 3.08. The van der Waals surface area contributed by atoms with Gasteiger partial charge < -0.3 is 10.2 Å². The fraction of sp³-hybridized carbons (Fsp3) is 0.476. The van der Waals surface area contributed by atoms with Gasteiger partial charge in [-0.25, -0.2) is 0 Å². The molecule has 1 heterocycles. The van der Waals surface area contributed by atoms with Crippen molar-refractivity contribution in [3.63, 3.8) is 0 Å². The standard InChI is InChI=1S/C21H33N3/c1-7-11-20(17(5)23-10-4)18(6)24-16-14-19(13-15-22-9-3)21(24)12-8-2/h7-11,19,21-22H,2-4,12-16H2,1,5-6H3/b11-7-,20-18+,23-17?. The molecule has 0 radical (unpaired) electrons. The molecule has 1 aliphatic heterocycles. The van der Waals surface area contributed by atoms with Crippen molar-refractivity contribution >= 4 is 5.71 Å². The molecule has 0 bridgehead atoms. The van der Waals surface area contributed by atoms with Crippen LogP contribution >= 0.6 is 0 Å². The van der Waals surface area contributed by atoms with Gasteiger partial charge in [0.05, 0.1) is 0 Å². The molecule has 132 valence electrons. The fourth-order valence-electron chi connectivity index (χ4n) is 3.56. The minimum absolute atomic E-state index is 0.505. The molecule has 1 fully saturated rings. The Bertz CT molecular complexity index is 525. The van der Waals surface area contributed by atoms with Gasteiger partial charge >= 0.3 is 0 Å². The molecule has 0 saturated carbocycles. The monoisotopic (exact) mass is 327 g/mol. The number of hydrogen-bond donors (Lipinski definition) is 1. The molecule has 3 nitrogen and oxygen atoms in total. The van der Waals surface area contributed by atoms with E-state index in [1.807, 2.05) is 19.9 Å². The van der Waals surface area contributed by atoms with E-state index < -0.39 is 0 Å². The minimum atomic E-state index is 0.505. The summed E-state index contributed by atoms with van der Waals surface area (Å²) in [5, 5.41) is 3.23. The highest BCUT2D eigenvalue weighted by molar-refractivity contribution is 6.01. The van der Waals surface area contributed by atoms with E-state index in [4.69, 9.17) is 0 Å². The van der Waals surface area contributed by atoms with Crippen LogP contribution in [0.3, 0.4) is 0 Å². The zero-order valence-corrected chi connectivity index (χ0v) is 15.6. The van der Waals surface area contributed by atoms with Crippen molar-refractivity contribution in [1.82, 2.24) is 10.2 Å². The topological polar surface area (TPSA) is 27.6 Å². The van der Waals surface area contributed by atoms with Crippen molar-refractivity contribution in [3.8, 4) is 0 Å². The van der Waals surface area contributed by atoms with Crippen molar-refractivity contribution < 1.29 is 0 Å². The van der Waals surface area contributed by atoms with E-state index >= 15 is 0 Å². The van der Waals surface area contributed by atoms with Crippen molar-refractivity contribution in [2.45, 2.75) is 46.1 Å². The first-order valence-electron chi connectivity index (χ1n) is 8.81. The maximum Gasteiger partial charge on any atom is 0.0461 e. The first-order valence-corrected chi connectivity index (χ1v) is 8.81. The maximum absolute atomic E-state index is 4.39. The summed E-state index contributed by atoms with van der Waals surface area (Å²) in [6.07, 6.45) is 13.0. The van der Waals surface area contributed by atoms with E-state index in [1.54, 1.807) is 12.4 Å². The van der Waals surface area contributed by atoms with Crippen LogP contribution in [0, 0.1) is 5.92 Å².